The van der Waals surface area contributed by atoms with Gasteiger partial charge in [0.1, 0.15) is 34.9 Å². The van der Waals surface area contributed by atoms with E-state index in [1.807, 2.05) is 32.0 Å². The summed E-state index contributed by atoms with van der Waals surface area (Å²) in [5.41, 5.74) is 3.86. The molecule has 0 saturated carbocycles. The highest BCUT2D eigenvalue weighted by atomic mass is 19.1. The Morgan fingerprint density at radius 1 is 1.04 bits per heavy atom. The molecule has 1 saturated heterocycles. The number of benzene rings is 3. The molecule has 0 unspecified atom stereocenters. The second-order valence-electron chi connectivity index (χ2n) is 11.3. The first-order valence-electron chi connectivity index (χ1n) is 14.9. The maximum atomic E-state index is 15.2. The third-order valence-electron chi connectivity index (χ3n) is 8.28. The van der Waals surface area contributed by atoms with Crippen LogP contribution in [0, 0.1) is 19.7 Å². The van der Waals surface area contributed by atoms with Gasteiger partial charge in [0.25, 0.3) is 11.8 Å². The van der Waals surface area contributed by atoms with Crippen LogP contribution in [0.1, 0.15) is 39.4 Å². The highest BCUT2D eigenvalue weighted by molar-refractivity contribution is 5.96. The third kappa shape index (κ3) is 6.78. The summed E-state index contributed by atoms with van der Waals surface area (Å²) in [4.78, 5) is 28.5. The molecule has 0 aliphatic carbocycles. The van der Waals surface area contributed by atoms with Crippen LogP contribution in [-0.4, -0.2) is 60.8 Å². The summed E-state index contributed by atoms with van der Waals surface area (Å²) < 4.78 is 38.3. The molecule has 0 spiro atoms. The number of halogens is 1. The highest BCUT2D eigenvalue weighted by Crippen LogP contribution is 2.30. The van der Waals surface area contributed by atoms with Crippen LogP contribution in [0.4, 0.5) is 4.39 Å². The predicted molar refractivity (Wildman–Crippen MR) is 164 cm³/mol. The van der Waals surface area contributed by atoms with Gasteiger partial charge >= 0.3 is 0 Å². The minimum absolute atomic E-state index is 0.0831. The number of aryl methyl sites for hydroxylation is 2. The number of fused-ring (bicyclic) bond motifs is 7. The number of carbonyl (C=O) groups is 2. The Morgan fingerprint density at radius 2 is 1.89 bits per heavy atom. The third-order valence-corrected chi connectivity index (χ3v) is 8.28. The van der Waals surface area contributed by atoms with E-state index in [9.17, 15) is 9.59 Å². The van der Waals surface area contributed by atoms with Gasteiger partial charge in [-0.15, -0.1) is 0 Å². The van der Waals surface area contributed by atoms with Gasteiger partial charge in [-0.1, -0.05) is 23.4 Å². The molecule has 4 heterocycles. The smallest absolute Gasteiger partial charge is 0.258 e. The van der Waals surface area contributed by atoms with Crippen LogP contribution in [0.5, 0.6) is 17.2 Å². The summed E-state index contributed by atoms with van der Waals surface area (Å²) in [6.45, 7) is 5.59. The van der Waals surface area contributed by atoms with Gasteiger partial charge in [0.15, 0.2) is 6.61 Å². The molecule has 6 bridgehead atoms. The summed E-state index contributed by atoms with van der Waals surface area (Å²) >= 11 is 0. The lowest BCUT2D eigenvalue weighted by Gasteiger charge is -2.39. The number of ether oxygens (including phenoxy) is 3. The molecule has 0 radical (unpaired) electrons. The fourth-order valence-corrected chi connectivity index (χ4v) is 5.78. The lowest BCUT2D eigenvalue weighted by atomic mass is 9.99. The first-order chi connectivity index (χ1) is 21.8. The molecule has 2 N–H and O–H groups in total. The van der Waals surface area contributed by atoms with Crippen LogP contribution in [0.15, 0.2) is 65.2 Å². The van der Waals surface area contributed by atoms with Gasteiger partial charge in [0.2, 0.25) is 0 Å². The first kappa shape index (κ1) is 30.1. The van der Waals surface area contributed by atoms with Crippen LogP contribution in [0.2, 0.25) is 0 Å². The summed E-state index contributed by atoms with van der Waals surface area (Å²) in [6.07, 6.45) is 0.194. The van der Waals surface area contributed by atoms with E-state index in [2.05, 4.69) is 20.7 Å². The number of piperidine rings is 1. The summed E-state index contributed by atoms with van der Waals surface area (Å²) in [5.74, 6) is 0.838. The number of nitrogens with zero attached hydrogens (tertiary/aromatic N) is 2. The van der Waals surface area contributed by atoms with Gasteiger partial charge < -0.3 is 29.4 Å². The summed E-state index contributed by atoms with van der Waals surface area (Å²) in [7, 11) is 1.55. The molecule has 3 aromatic carbocycles. The fourth-order valence-electron chi connectivity index (χ4n) is 5.78. The predicted octanol–water partition coefficient (Wildman–Crippen LogP) is 4.57. The molecule has 234 valence electrons. The van der Waals surface area contributed by atoms with Crippen LogP contribution in [-0.2, 0) is 17.9 Å². The number of hydrogen-bond acceptors (Lipinski definition) is 8. The second-order valence-corrected chi connectivity index (χ2v) is 11.3. The zero-order chi connectivity index (χ0) is 31.5. The van der Waals surface area contributed by atoms with E-state index >= 15 is 4.39 Å². The van der Waals surface area contributed by atoms with Gasteiger partial charge in [-0.3, -0.25) is 14.5 Å². The fraction of sp³-hybridized carbons (Fsp3) is 0.324. The summed E-state index contributed by atoms with van der Waals surface area (Å²) in [6, 6.07) is 16.4. The van der Waals surface area contributed by atoms with Crippen LogP contribution < -0.4 is 24.8 Å². The first-order valence-corrected chi connectivity index (χ1v) is 14.9. The van der Waals surface area contributed by atoms with Gasteiger partial charge in [0.05, 0.1) is 24.4 Å². The molecule has 2 amide bonds. The van der Waals surface area contributed by atoms with Crippen molar-refractivity contribution in [3.05, 3.63) is 94.6 Å². The van der Waals surface area contributed by atoms with Crippen molar-refractivity contribution < 1.29 is 32.7 Å². The van der Waals surface area contributed by atoms with Crippen molar-refractivity contribution in [2.75, 3.05) is 26.8 Å². The number of nitrogens with one attached hydrogen (secondary N) is 2. The Hall–Kier alpha value is -4.90. The minimum Gasteiger partial charge on any atom is -0.496 e. The number of carbonyl (C=O) groups excluding carboxylic acids is 2. The minimum atomic E-state index is -0.636. The molecule has 3 aliphatic rings. The maximum absolute atomic E-state index is 15.2. The average Bonchev–Trinajstić information content (AvgIpc) is 3.36. The van der Waals surface area contributed by atoms with E-state index in [4.69, 9.17) is 18.7 Å². The maximum Gasteiger partial charge on any atom is 0.258 e. The zero-order valence-corrected chi connectivity index (χ0v) is 25.4. The second kappa shape index (κ2) is 13.0. The topological polar surface area (TPSA) is 115 Å². The van der Waals surface area contributed by atoms with Crippen molar-refractivity contribution in [1.82, 2.24) is 20.7 Å². The molecule has 1 aromatic heterocycles. The Morgan fingerprint density at radius 3 is 2.69 bits per heavy atom. The van der Waals surface area contributed by atoms with Gasteiger partial charge in [-0.2, -0.15) is 0 Å². The van der Waals surface area contributed by atoms with Crippen molar-refractivity contribution in [3.63, 3.8) is 0 Å². The number of amides is 2. The van der Waals surface area contributed by atoms with Crippen molar-refractivity contribution in [1.29, 1.82) is 0 Å². The lowest BCUT2D eigenvalue weighted by Crippen LogP contribution is -2.56. The number of likely N-dealkylation sites (tertiary alicyclic amines) is 1. The van der Waals surface area contributed by atoms with E-state index in [0.717, 1.165) is 22.6 Å². The summed E-state index contributed by atoms with van der Waals surface area (Å²) in [5, 5.41) is 10.0. The Labute approximate surface area is 260 Å². The molecule has 10 nitrogen and oxygen atoms in total. The largest absolute Gasteiger partial charge is 0.496 e. The van der Waals surface area contributed by atoms with Crippen LogP contribution in [0.3, 0.4) is 0 Å². The van der Waals surface area contributed by atoms with Crippen LogP contribution >= 0.6 is 0 Å². The van der Waals surface area contributed by atoms with Gasteiger partial charge in [0, 0.05) is 43.4 Å². The molecule has 1 fully saturated rings. The monoisotopic (exact) mass is 614 g/mol. The SMILES string of the molecule is COc1cc2ccc1CNC(=O)COc1cccc(c1)-c1ccc(F)c(c1)C(=O)N[C@@H]1CN(Cc3c(C)noc3C)CC[C@@H]1O2. The number of methoxy groups -OCH3 is 1. The van der Waals surface area contributed by atoms with E-state index in [1.165, 1.54) is 12.1 Å². The van der Waals surface area contributed by atoms with Crippen LogP contribution in [0.25, 0.3) is 11.1 Å². The van der Waals surface area contributed by atoms with Gasteiger partial charge in [-0.25, -0.2) is 4.39 Å². The Kier molecular flexibility index (Phi) is 8.70. The van der Waals surface area contributed by atoms with E-state index in [0.29, 0.717) is 54.4 Å². The van der Waals surface area contributed by atoms with Gasteiger partial charge in [-0.05, 0) is 67.8 Å². The number of rotatable bonds is 3. The van der Waals surface area contributed by atoms with Crippen molar-refractivity contribution in [2.24, 2.45) is 0 Å². The molecule has 4 aromatic rings. The Balaban J connectivity index is 1.35. The molecule has 2 atom stereocenters. The zero-order valence-electron chi connectivity index (χ0n) is 25.4. The lowest BCUT2D eigenvalue weighted by molar-refractivity contribution is -0.123. The highest BCUT2D eigenvalue weighted by Gasteiger charge is 2.34. The van der Waals surface area contributed by atoms with E-state index < -0.39 is 23.9 Å². The van der Waals surface area contributed by atoms with E-state index in [1.54, 1.807) is 37.4 Å². The molecule has 11 heteroatoms. The standard InChI is InChI=1S/C34H35FN4O6/c1-20-28(21(2)45-38-20)17-39-12-11-31-30(18-39)37-34(41)27-14-23(8-10-29(27)35)22-5-4-6-25(13-22)43-19-33(40)36-16-24-7-9-26(44-31)15-32(24)42-3/h4-10,13-15,30-31H,11-12,16-19H2,1-3H3,(H,36,40)(H,37,41)/t30-,31+/m1/s1. The van der Waals surface area contributed by atoms with Crippen molar-refractivity contribution in [3.8, 4) is 28.4 Å². The number of hydrogen-bond donors (Lipinski definition) is 2. The average molecular weight is 615 g/mol. The molecular formula is C34H35FN4O6. The molecule has 45 heavy (non-hydrogen) atoms. The van der Waals surface area contributed by atoms with Crippen molar-refractivity contribution in [2.45, 2.75) is 45.5 Å². The number of aromatic nitrogens is 1. The van der Waals surface area contributed by atoms with Crippen molar-refractivity contribution >= 4 is 11.8 Å². The van der Waals surface area contributed by atoms with E-state index in [-0.39, 0.29) is 24.6 Å². The quantitative estimate of drug-likeness (QED) is 0.345. The molecular weight excluding hydrogens is 579 g/mol. The molecule has 7 rings (SSSR count). The molecule has 3 aliphatic heterocycles. The Bertz CT molecular complexity index is 1700. The normalized spacial score (nSPS) is 19.0.